The topological polar surface area (TPSA) is 38.5 Å². The second-order valence-corrected chi connectivity index (χ2v) is 5.88. The van der Waals surface area contributed by atoms with E-state index >= 15 is 0 Å². The zero-order chi connectivity index (χ0) is 14.7. The summed E-state index contributed by atoms with van der Waals surface area (Å²) in [7, 11) is 1.74. The van der Waals surface area contributed by atoms with E-state index in [1.807, 2.05) is 0 Å². The number of likely N-dealkylation sites (tertiary alicyclic amines) is 1. The highest BCUT2D eigenvalue weighted by Crippen LogP contribution is 2.22. The first kappa shape index (κ1) is 15.4. The third-order valence-corrected chi connectivity index (χ3v) is 4.22. The van der Waals surface area contributed by atoms with Gasteiger partial charge in [-0.15, -0.1) is 0 Å². The van der Waals surface area contributed by atoms with E-state index in [9.17, 15) is 4.39 Å². The molecule has 5 heteroatoms. The molecule has 0 aliphatic carbocycles. The van der Waals surface area contributed by atoms with Crippen LogP contribution in [0.3, 0.4) is 0 Å². The molecule has 1 saturated heterocycles. The summed E-state index contributed by atoms with van der Waals surface area (Å²) >= 11 is 5.04. The zero-order valence-corrected chi connectivity index (χ0v) is 12.8. The summed E-state index contributed by atoms with van der Waals surface area (Å²) in [6, 6.07) is 4.58. The number of halogens is 1. The molecule has 0 radical (unpaired) electrons. The van der Waals surface area contributed by atoms with Crippen LogP contribution in [0.2, 0.25) is 0 Å². The van der Waals surface area contributed by atoms with Gasteiger partial charge in [0.25, 0.3) is 0 Å². The van der Waals surface area contributed by atoms with Gasteiger partial charge < -0.3 is 10.5 Å². The van der Waals surface area contributed by atoms with E-state index in [4.69, 9.17) is 22.7 Å². The predicted octanol–water partition coefficient (Wildman–Crippen LogP) is 2.32. The third kappa shape index (κ3) is 3.53. The molecule has 0 saturated carbocycles. The lowest BCUT2D eigenvalue weighted by Gasteiger charge is -2.36. The van der Waals surface area contributed by atoms with Crippen molar-refractivity contribution in [1.82, 2.24) is 4.90 Å². The number of thiocarbonyl (C=S) groups is 1. The van der Waals surface area contributed by atoms with Crippen molar-refractivity contribution in [3.05, 3.63) is 35.1 Å². The van der Waals surface area contributed by atoms with Gasteiger partial charge in [0, 0.05) is 25.8 Å². The van der Waals surface area contributed by atoms with Gasteiger partial charge in [0.05, 0.1) is 6.10 Å². The Kier molecular flexibility index (Phi) is 5.07. The quantitative estimate of drug-likeness (QED) is 0.866. The maximum Gasteiger partial charge on any atom is 0.123 e. The fraction of sp³-hybridized carbons (Fsp3) is 0.533. The largest absolute Gasteiger partial charge is 0.389 e. The van der Waals surface area contributed by atoms with E-state index in [2.05, 4.69) is 11.8 Å². The van der Waals surface area contributed by atoms with Crippen LogP contribution in [0.15, 0.2) is 18.2 Å². The molecule has 1 fully saturated rings. The highest BCUT2D eigenvalue weighted by Gasteiger charge is 2.26. The van der Waals surface area contributed by atoms with Gasteiger partial charge in [-0.1, -0.05) is 19.1 Å². The summed E-state index contributed by atoms with van der Waals surface area (Å²) in [5, 5.41) is 0. The standard InChI is InChI=1S/C15H21FN2OS/c1-10-5-6-18(9-14(10)19-2)8-11-7-12(16)3-4-13(11)15(17)20/h3-4,7,10,14H,5-6,8-9H2,1-2H3,(H2,17,20). The number of rotatable bonds is 4. The van der Waals surface area contributed by atoms with Crippen molar-refractivity contribution >= 4 is 17.2 Å². The molecule has 0 aromatic heterocycles. The number of hydrogen-bond acceptors (Lipinski definition) is 3. The van der Waals surface area contributed by atoms with E-state index < -0.39 is 0 Å². The highest BCUT2D eigenvalue weighted by molar-refractivity contribution is 7.80. The van der Waals surface area contributed by atoms with Crippen LogP contribution < -0.4 is 5.73 Å². The zero-order valence-electron chi connectivity index (χ0n) is 11.9. The molecule has 2 rings (SSSR count). The second-order valence-electron chi connectivity index (χ2n) is 5.44. The monoisotopic (exact) mass is 296 g/mol. The van der Waals surface area contributed by atoms with Crippen molar-refractivity contribution in [3.63, 3.8) is 0 Å². The number of piperidine rings is 1. The maximum atomic E-state index is 13.4. The minimum Gasteiger partial charge on any atom is -0.389 e. The van der Waals surface area contributed by atoms with Crippen molar-refractivity contribution in [3.8, 4) is 0 Å². The number of benzene rings is 1. The summed E-state index contributed by atoms with van der Waals surface area (Å²) in [6.45, 7) is 4.68. The molecule has 0 bridgehead atoms. The molecular weight excluding hydrogens is 275 g/mol. The minimum atomic E-state index is -0.256. The third-order valence-electron chi connectivity index (χ3n) is 4.00. The lowest BCUT2D eigenvalue weighted by Crippen LogP contribution is -2.43. The van der Waals surface area contributed by atoms with E-state index in [0.29, 0.717) is 17.5 Å². The van der Waals surface area contributed by atoms with Crippen molar-refractivity contribution in [2.45, 2.75) is 26.0 Å². The summed E-state index contributed by atoms with van der Waals surface area (Å²) in [6.07, 6.45) is 1.31. The lowest BCUT2D eigenvalue weighted by atomic mass is 9.95. The normalized spacial score (nSPS) is 23.8. The van der Waals surface area contributed by atoms with Gasteiger partial charge in [-0.05, 0) is 42.6 Å². The first-order valence-electron chi connectivity index (χ1n) is 6.84. The first-order chi connectivity index (χ1) is 9.51. The Labute approximate surface area is 124 Å². The molecule has 20 heavy (non-hydrogen) atoms. The Morgan fingerprint density at radius 2 is 2.30 bits per heavy atom. The molecule has 1 heterocycles. The van der Waals surface area contributed by atoms with Gasteiger partial charge in [0.2, 0.25) is 0 Å². The van der Waals surface area contributed by atoms with Crippen molar-refractivity contribution in [2.75, 3.05) is 20.2 Å². The Morgan fingerprint density at radius 3 is 2.95 bits per heavy atom. The van der Waals surface area contributed by atoms with Gasteiger partial charge in [0.1, 0.15) is 10.8 Å². The van der Waals surface area contributed by atoms with Gasteiger partial charge in [0.15, 0.2) is 0 Å². The molecule has 110 valence electrons. The Balaban J connectivity index is 2.13. The Hall–Kier alpha value is -1.04. The van der Waals surface area contributed by atoms with Gasteiger partial charge in [-0.3, -0.25) is 4.90 Å². The van der Waals surface area contributed by atoms with E-state index in [1.165, 1.54) is 12.1 Å². The van der Waals surface area contributed by atoms with Crippen LogP contribution in [0.25, 0.3) is 0 Å². The number of nitrogens with two attached hydrogens (primary N) is 1. The van der Waals surface area contributed by atoms with Crippen LogP contribution in [-0.4, -0.2) is 36.2 Å². The number of ether oxygens (including phenoxy) is 1. The molecule has 1 aliphatic rings. The second kappa shape index (κ2) is 6.61. The smallest absolute Gasteiger partial charge is 0.123 e. The first-order valence-corrected chi connectivity index (χ1v) is 7.25. The molecule has 2 atom stereocenters. The fourth-order valence-corrected chi connectivity index (χ4v) is 2.92. The maximum absolute atomic E-state index is 13.4. The van der Waals surface area contributed by atoms with Crippen LogP contribution in [-0.2, 0) is 11.3 Å². The Bertz CT molecular complexity index is 495. The molecule has 3 nitrogen and oxygen atoms in total. The van der Waals surface area contributed by atoms with Crippen molar-refractivity contribution in [2.24, 2.45) is 11.7 Å². The molecule has 1 aromatic carbocycles. The van der Waals surface area contributed by atoms with Gasteiger partial charge in [-0.2, -0.15) is 0 Å². The number of hydrogen-bond donors (Lipinski definition) is 1. The molecule has 0 amide bonds. The number of nitrogens with zero attached hydrogens (tertiary/aromatic N) is 1. The van der Waals surface area contributed by atoms with E-state index in [-0.39, 0.29) is 11.9 Å². The van der Waals surface area contributed by atoms with E-state index in [0.717, 1.165) is 30.6 Å². The minimum absolute atomic E-state index is 0.227. The van der Waals surface area contributed by atoms with Crippen LogP contribution >= 0.6 is 12.2 Å². The molecular formula is C15H21FN2OS. The van der Waals surface area contributed by atoms with Crippen LogP contribution in [0.5, 0.6) is 0 Å². The Morgan fingerprint density at radius 1 is 1.55 bits per heavy atom. The average Bonchev–Trinajstić information content (AvgIpc) is 2.40. The van der Waals surface area contributed by atoms with E-state index in [1.54, 1.807) is 13.2 Å². The lowest BCUT2D eigenvalue weighted by molar-refractivity contribution is -0.00747. The van der Waals surface area contributed by atoms with Crippen LogP contribution in [0.4, 0.5) is 4.39 Å². The number of methoxy groups -OCH3 is 1. The predicted molar refractivity (Wildman–Crippen MR) is 82.1 cm³/mol. The summed E-state index contributed by atoms with van der Waals surface area (Å²) in [5.41, 5.74) is 7.32. The highest BCUT2D eigenvalue weighted by atomic mass is 32.1. The summed E-state index contributed by atoms with van der Waals surface area (Å²) < 4.78 is 18.9. The summed E-state index contributed by atoms with van der Waals surface area (Å²) in [5.74, 6) is 0.299. The van der Waals surface area contributed by atoms with Gasteiger partial charge >= 0.3 is 0 Å². The SMILES string of the molecule is COC1CN(Cc2cc(F)ccc2C(N)=S)CCC1C. The van der Waals surface area contributed by atoms with Crippen LogP contribution in [0, 0.1) is 11.7 Å². The average molecular weight is 296 g/mol. The van der Waals surface area contributed by atoms with Crippen molar-refractivity contribution in [1.29, 1.82) is 0 Å². The van der Waals surface area contributed by atoms with Gasteiger partial charge in [-0.25, -0.2) is 4.39 Å². The molecule has 1 aliphatic heterocycles. The van der Waals surface area contributed by atoms with Crippen LogP contribution in [0.1, 0.15) is 24.5 Å². The molecule has 2 unspecified atom stereocenters. The van der Waals surface area contributed by atoms with Crippen molar-refractivity contribution < 1.29 is 9.13 Å². The summed E-state index contributed by atoms with van der Waals surface area (Å²) in [4.78, 5) is 2.58. The molecule has 2 N–H and O–H groups in total. The molecule has 0 spiro atoms. The fourth-order valence-electron chi connectivity index (χ4n) is 2.72. The molecule has 1 aromatic rings.